The van der Waals surface area contributed by atoms with Crippen molar-refractivity contribution >= 4 is 23.5 Å². The summed E-state index contributed by atoms with van der Waals surface area (Å²) < 4.78 is 9.10. The highest BCUT2D eigenvalue weighted by Gasteiger charge is 2.18. The predicted molar refractivity (Wildman–Crippen MR) is 73.4 cm³/mol. The summed E-state index contributed by atoms with van der Waals surface area (Å²) in [6.07, 6.45) is 0. The van der Waals surface area contributed by atoms with Crippen molar-refractivity contribution in [3.63, 3.8) is 0 Å². The number of benzene rings is 1. The van der Waals surface area contributed by atoms with E-state index in [2.05, 4.69) is 14.8 Å². The van der Waals surface area contributed by atoms with E-state index in [1.165, 1.54) is 0 Å². The molecule has 1 aromatic carbocycles. The van der Waals surface area contributed by atoms with Crippen LogP contribution in [0.4, 0.5) is 5.69 Å². The number of carbonyl (C=O) groups excluding carboxylic acids is 3. The average Bonchev–Trinajstić information content (AvgIpc) is 2.51. The number of non-ortho nitro benzene ring substituents is 1. The first-order valence-electron chi connectivity index (χ1n) is 6.20. The Labute approximate surface area is 125 Å². The summed E-state index contributed by atoms with van der Waals surface area (Å²) >= 11 is 0. The molecule has 0 spiro atoms. The van der Waals surface area contributed by atoms with Gasteiger partial charge in [-0.2, -0.15) is 0 Å². The van der Waals surface area contributed by atoms with Crippen LogP contribution in [0.3, 0.4) is 0 Å². The largest absolute Gasteiger partial charge is 0.465 e. The lowest BCUT2D eigenvalue weighted by atomic mass is 10.1. The molecule has 0 radical (unpaired) electrons. The number of amides is 1. The van der Waals surface area contributed by atoms with Crippen LogP contribution in [0.2, 0.25) is 0 Å². The molecule has 1 aromatic rings. The third kappa shape index (κ3) is 4.54. The summed E-state index contributed by atoms with van der Waals surface area (Å²) in [7, 11) is 1.11. The Morgan fingerprint density at radius 1 is 1.23 bits per heavy atom. The Bertz CT molecular complexity index is 612. The van der Waals surface area contributed by atoms with E-state index in [9.17, 15) is 24.5 Å². The van der Waals surface area contributed by atoms with E-state index in [4.69, 9.17) is 0 Å². The van der Waals surface area contributed by atoms with Crippen LogP contribution in [-0.4, -0.2) is 43.0 Å². The van der Waals surface area contributed by atoms with Crippen molar-refractivity contribution in [2.24, 2.45) is 0 Å². The maximum Gasteiger partial charge on any atom is 0.338 e. The lowest BCUT2D eigenvalue weighted by Gasteiger charge is -2.06. The lowest BCUT2D eigenvalue weighted by molar-refractivity contribution is -0.384. The molecule has 0 aliphatic rings. The Balaban J connectivity index is 2.99. The first-order valence-corrected chi connectivity index (χ1v) is 6.20. The van der Waals surface area contributed by atoms with Gasteiger partial charge in [-0.25, -0.2) is 4.79 Å². The normalized spacial score (nSPS) is 9.73. The second-order valence-corrected chi connectivity index (χ2v) is 4.00. The van der Waals surface area contributed by atoms with Crippen molar-refractivity contribution in [1.29, 1.82) is 0 Å². The Morgan fingerprint density at radius 2 is 1.86 bits per heavy atom. The van der Waals surface area contributed by atoms with Gasteiger partial charge in [0.25, 0.3) is 11.6 Å². The molecule has 0 atom stereocenters. The molecule has 0 bridgehead atoms. The third-order valence-electron chi connectivity index (χ3n) is 2.51. The Hall–Kier alpha value is -2.97. The van der Waals surface area contributed by atoms with Gasteiger partial charge >= 0.3 is 11.9 Å². The maximum absolute atomic E-state index is 11.9. The minimum atomic E-state index is -0.817. The highest BCUT2D eigenvalue weighted by molar-refractivity contribution is 5.99. The van der Waals surface area contributed by atoms with Gasteiger partial charge in [-0.1, -0.05) is 0 Å². The van der Waals surface area contributed by atoms with Crippen molar-refractivity contribution in [2.45, 2.75) is 6.92 Å². The molecule has 1 N–H and O–H groups in total. The number of ether oxygens (including phenoxy) is 2. The van der Waals surface area contributed by atoms with Gasteiger partial charge in [-0.05, 0) is 13.0 Å². The number of nitro groups is 1. The molecule has 0 aromatic heterocycles. The minimum absolute atomic E-state index is 0.140. The van der Waals surface area contributed by atoms with E-state index >= 15 is 0 Å². The predicted octanol–water partition coefficient (Wildman–Crippen LogP) is 0.674. The molecule has 0 unspecified atom stereocenters. The average molecular weight is 310 g/mol. The summed E-state index contributed by atoms with van der Waals surface area (Å²) in [6, 6.07) is 3.13. The van der Waals surface area contributed by atoms with Crippen LogP contribution in [0.1, 0.15) is 27.6 Å². The molecule has 0 aliphatic carbocycles. The van der Waals surface area contributed by atoms with Gasteiger partial charge in [0, 0.05) is 17.7 Å². The zero-order chi connectivity index (χ0) is 16.7. The summed E-state index contributed by atoms with van der Waals surface area (Å²) in [4.78, 5) is 44.6. The summed E-state index contributed by atoms with van der Waals surface area (Å²) in [6.45, 7) is 1.39. The van der Waals surface area contributed by atoms with Gasteiger partial charge in [-0.3, -0.25) is 19.7 Å². The van der Waals surface area contributed by atoms with Crippen molar-refractivity contribution in [1.82, 2.24) is 5.32 Å². The van der Waals surface area contributed by atoms with Crippen LogP contribution in [0.15, 0.2) is 18.2 Å². The second-order valence-electron chi connectivity index (χ2n) is 4.00. The molecule has 1 amide bonds. The molecule has 9 heteroatoms. The zero-order valence-electron chi connectivity index (χ0n) is 12.0. The first-order chi connectivity index (χ1) is 10.4. The molecular formula is C13H14N2O7. The molecule has 0 fully saturated rings. The van der Waals surface area contributed by atoms with Crippen molar-refractivity contribution < 1.29 is 28.8 Å². The van der Waals surface area contributed by atoms with Crippen LogP contribution in [0, 0.1) is 10.1 Å². The number of nitro benzene ring substituents is 1. The van der Waals surface area contributed by atoms with Gasteiger partial charge in [-0.15, -0.1) is 0 Å². The van der Waals surface area contributed by atoms with Crippen LogP contribution in [0.25, 0.3) is 0 Å². The van der Waals surface area contributed by atoms with Crippen molar-refractivity contribution in [3.8, 4) is 0 Å². The van der Waals surface area contributed by atoms with Gasteiger partial charge < -0.3 is 14.8 Å². The van der Waals surface area contributed by atoms with Crippen LogP contribution < -0.4 is 5.32 Å². The molecule has 22 heavy (non-hydrogen) atoms. The third-order valence-corrected chi connectivity index (χ3v) is 2.51. The highest BCUT2D eigenvalue weighted by Crippen LogP contribution is 2.18. The number of rotatable bonds is 6. The van der Waals surface area contributed by atoms with E-state index in [0.717, 1.165) is 25.3 Å². The minimum Gasteiger partial charge on any atom is -0.465 e. The molecular weight excluding hydrogens is 296 g/mol. The molecule has 118 valence electrons. The monoisotopic (exact) mass is 310 g/mol. The number of hydrogen-bond donors (Lipinski definition) is 1. The number of methoxy groups -OCH3 is 1. The summed E-state index contributed by atoms with van der Waals surface area (Å²) in [5.41, 5.74) is -0.721. The fraction of sp³-hybridized carbons (Fsp3) is 0.308. The van der Waals surface area contributed by atoms with E-state index in [1.807, 2.05) is 0 Å². The molecule has 0 aliphatic heterocycles. The molecule has 0 heterocycles. The van der Waals surface area contributed by atoms with E-state index < -0.39 is 28.5 Å². The van der Waals surface area contributed by atoms with Crippen LogP contribution in [-0.2, 0) is 14.3 Å². The Kier molecular flexibility index (Phi) is 5.99. The van der Waals surface area contributed by atoms with E-state index in [1.54, 1.807) is 6.92 Å². The maximum atomic E-state index is 11.9. The fourth-order valence-electron chi connectivity index (χ4n) is 1.55. The second kappa shape index (κ2) is 7.72. The summed E-state index contributed by atoms with van der Waals surface area (Å²) in [5, 5.41) is 13.1. The standard InChI is InChI=1S/C13H14N2O7/c1-3-22-11(16)7-14-12(17)8-4-9(13(18)21-2)6-10(5-8)15(19)20/h4-6H,3,7H2,1-2H3,(H,14,17). The number of nitrogens with one attached hydrogen (secondary N) is 1. The molecule has 0 saturated heterocycles. The SMILES string of the molecule is CCOC(=O)CNC(=O)c1cc(C(=O)OC)cc([N+](=O)[O-])c1. The van der Waals surface area contributed by atoms with Gasteiger partial charge in [0.05, 0.1) is 24.2 Å². The number of hydrogen-bond acceptors (Lipinski definition) is 7. The van der Waals surface area contributed by atoms with Gasteiger partial charge in [0.1, 0.15) is 6.54 Å². The molecule has 0 saturated carbocycles. The number of carbonyl (C=O) groups is 3. The van der Waals surface area contributed by atoms with Gasteiger partial charge in [0.15, 0.2) is 0 Å². The van der Waals surface area contributed by atoms with Crippen LogP contribution >= 0.6 is 0 Å². The lowest BCUT2D eigenvalue weighted by Crippen LogP contribution is -2.30. The smallest absolute Gasteiger partial charge is 0.338 e. The molecule has 1 rings (SSSR count). The van der Waals surface area contributed by atoms with E-state index in [-0.39, 0.29) is 24.3 Å². The summed E-state index contributed by atoms with van der Waals surface area (Å²) in [5.74, 6) is -2.21. The van der Waals surface area contributed by atoms with E-state index in [0.29, 0.717) is 0 Å². The highest BCUT2D eigenvalue weighted by atomic mass is 16.6. The topological polar surface area (TPSA) is 125 Å². The Morgan fingerprint density at radius 3 is 2.41 bits per heavy atom. The molecule has 9 nitrogen and oxygen atoms in total. The fourth-order valence-corrected chi connectivity index (χ4v) is 1.55. The van der Waals surface area contributed by atoms with Gasteiger partial charge in [0.2, 0.25) is 0 Å². The first kappa shape index (κ1) is 17.1. The van der Waals surface area contributed by atoms with Crippen molar-refractivity contribution in [2.75, 3.05) is 20.3 Å². The van der Waals surface area contributed by atoms with Crippen molar-refractivity contribution in [3.05, 3.63) is 39.4 Å². The number of esters is 2. The zero-order valence-corrected chi connectivity index (χ0v) is 12.0. The quantitative estimate of drug-likeness (QED) is 0.465. The number of nitrogens with zero attached hydrogens (tertiary/aromatic N) is 1. The van der Waals surface area contributed by atoms with Crippen LogP contribution in [0.5, 0.6) is 0 Å².